The zero-order chi connectivity index (χ0) is 15.4. The molecule has 21 heavy (non-hydrogen) atoms. The van der Waals surface area contributed by atoms with Crippen molar-refractivity contribution in [1.29, 1.82) is 0 Å². The van der Waals surface area contributed by atoms with Crippen molar-refractivity contribution in [2.24, 2.45) is 5.92 Å². The van der Waals surface area contributed by atoms with E-state index in [4.69, 9.17) is 9.15 Å². The highest BCUT2D eigenvalue weighted by atomic mass is 16.5. The maximum absolute atomic E-state index is 12.6. The van der Waals surface area contributed by atoms with Crippen LogP contribution >= 0.6 is 0 Å². The van der Waals surface area contributed by atoms with Gasteiger partial charge in [-0.15, -0.1) is 0 Å². The number of carbonyl (C=O) groups excluding carboxylic acids is 2. The molecule has 0 N–H and O–H groups in total. The number of carbonyl (C=O) groups is 2. The van der Waals surface area contributed by atoms with Crippen LogP contribution in [-0.4, -0.2) is 36.5 Å². The second kappa shape index (κ2) is 6.78. The van der Waals surface area contributed by atoms with Gasteiger partial charge >= 0.3 is 5.97 Å². The van der Waals surface area contributed by atoms with Crippen LogP contribution in [0.2, 0.25) is 0 Å². The van der Waals surface area contributed by atoms with Gasteiger partial charge in [-0.05, 0) is 45.6 Å². The fourth-order valence-corrected chi connectivity index (χ4v) is 2.36. The highest BCUT2D eigenvalue weighted by Crippen LogP contribution is 2.30. The fraction of sp³-hybridized carbons (Fsp3) is 0.625. The van der Waals surface area contributed by atoms with Gasteiger partial charge in [0.25, 0.3) is 5.91 Å². The zero-order valence-electron chi connectivity index (χ0n) is 13.0. The number of aryl methyl sites for hydroxylation is 2. The zero-order valence-corrected chi connectivity index (χ0v) is 13.0. The molecule has 0 unspecified atom stereocenters. The highest BCUT2D eigenvalue weighted by Gasteiger charge is 2.29. The van der Waals surface area contributed by atoms with Crippen molar-refractivity contribution in [3.05, 3.63) is 23.2 Å². The molecule has 0 saturated heterocycles. The Kier molecular flexibility index (Phi) is 5.04. The number of hydrogen-bond donors (Lipinski definition) is 0. The molecule has 1 fully saturated rings. The molecule has 0 aromatic carbocycles. The van der Waals surface area contributed by atoms with E-state index in [1.165, 1.54) is 0 Å². The van der Waals surface area contributed by atoms with Crippen molar-refractivity contribution in [1.82, 2.24) is 4.90 Å². The van der Waals surface area contributed by atoms with Crippen molar-refractivity contribution in [3.8, 4) is 0 Å². The maximum atomic E-state index is 12.6. The molecule has 1 aliphatic rings. The van der Waals surface area contributed by atoms with Gasteiger partial charge in [0, 0.05) is 13.1 Å². The third-order valence-corrected chi connectivity index (χ3v) is 3.63. The first-order chi connectivity index (χ1) is 10.0. The van der Waals surface area contributed by atoms with Crippen LogP contribution < -0.4 is 0 Å². The maximum Gasteiger partial charge on any atom is 0.307 e. The standard InChI is InChI=1S/C16H23NO4/c1-4-20-15(18)7-8-17(10-13-5-6-13)16(19)14-9-11(2)21-12(14)3/h9,13H,4-8,10H2,1-3H3. The van der Waals surface area contributed by atoms with Gasteiger partial charge in [0.15, 0.2) is 0 Å². The van der Waals surface area contributed by atoms with Gasteiger partial charge in [-0.3, -0.25) is 9.59 Å². The monoisotopic (exact) mass is 293 g/mol. The van der Waals surface area contributed by atoms with Crippen LogP contribution in [-0.2, 0) is 9.53 Å². The minimum Gasteiger partial charge on any atom is -0.466 e. The molecule has 1 aliphatic carbocycles. The summed E-state index contributed by atoms with van der Waals surface area (Å²) >= 11 is 0. The van der Waals surface area contributed by atoms with Crippen LogP contribution in [0, 0.1) is 19.8 Å². The molecule has 0 spiro atoms. The Labute approximate surface area is 125 Å². The Hall–Kier alpha value is -1.78. The predicted molar refractivity (Wildman–Crippen MR) is 78.1 cm³/mol. The van der Waals surface area contributed by atoms with E-state index in [0.717, 1.165) is 18.6 Å². The molecule has 1 saturated carbocycles. The number of esters is 1. The van der Waals surface area contributed by atoms with Gasteiger partial charge in [-0.25, -0.2) is 0 Å². The van der Waals surface area contributed by atoms with Crippen molar-refractivity contribution in [2.45, 2.75) is 40.0 Å². The lowest BCUT2D eigenvalue weighted by atomic mass is 10.2. The van der Waals surface area contributed by atoms with Gasteiger partial charge in [0.05, 0.1) is 18.6 Å². The van der Waals surface area contributed by atoms with Crippen molar-refractivity contribution < 1.29 is 18.7 Å². The first-order valence-electron chi connectivity index (χ1n) is 7.53. The predicted octanol–water partition coefficient (Wildman–Crippen LogP) is 2.70. The first-order valence-corrected chi connectivity index (χ1v) is 7.53. The van der Waals surface area contributed by atoms with E-state index >= 15 is 0 Å². The fourth-order valence-electron chi connectivity index (χ4n) is 2.36. The number of hydrogen-bond acceptors (Lipinski definition) is 4. The molecule has 116 valence electrons. The van der Waals surface area contributed by atoms with Crippen molar-refractivity contribution in [2.75, 3.05) is 19.7 Å². The lowest BCUT2D eigenvalue weighted by Crippen LogP contribution is -2.35. The molecule has 1 aromatic heterocycles. The third kappa shape index (κ3) is 4.34. The summed E-state index contributed by atoms with van der Waals surface area (Å²) in [7, 11) is 0. The summed E-state index contributed by atoms with van der Waals surface area (Å²) < 4.78 is 10.4. The smallest absolute Gasteiger partial charge is 0.307 e. The minimum absolute atomic E-state index is 0.0550. The Bertz CT molecular complexity index is 516. The topological polar surface area (TPSA) is 59.8 Å². The minimum atomic E-state index is -0.258. The van der Waals surface area contributed by atoms with Gasteiger partial charge in [-0.2, -0.15) is 0 Å². The van der Waals surface area contributed by atoms with E-state index in [9.17, 15) is 9.59 Å². The third-order valence-electron chi connectivity index (χ3n) is 3.63. The molecule has 0 bridgehead atoms. The molecule has 5 heteroatoms. The number of amides is 1. The Balaban J connectivity index is 2.02. The Morgan fingerprint density at radius 1 is 1.38 bits per heavy atom. The molecular weight excluding hydrogens is 270 g/mol. The summed E-state index contributed by atoms with van der Waals surface area (Å²) in [6.45, 7) is 6.88. The SMILES string of the molecule is CCOC(=O)CCN(CC1CC1)C(=O)c1cc(C)oc1C. The van der Waals surface area contributed by atoms with Crippen LogP contribution in [0.4, 0.5) is 0 Å². The van der Waals surface area contributed by atoms with Gasteiger partial charge < -0.3 is 14.1 Å². The van der Waals surface area contributed by atoms with Gasteiger partial charge in [0.1, 0.15) is 11.5 Å². The van der Waals surface area contributed by atoms with E-state index in [1.54, 1.807) is 24.8 Å². The second-order valence-corrected chi connectivity index (χ2v) is 5.58. The lowest BCUT2D eigenvalue weighted by Gasteiger charge is -2.22. The summed E-state index contributed by atoms with van der Waals surface area (Å²) in [5.74, 6) is 1.62. The summed E-state index contributed by atoms with van der Waals surface area (Å²) in [6.07, 6.45) is 2.56. The summed E-state index contributed by atoms with van der Waals surface area (Å²) in [5, 5.41) is 0. The average molecular weight is 293 g/mol. The number of nitrogens with zero attached hydrogens (tertiary/aromatic N) is 1. The normalized spacial score (nSPS) is 14.0. The van der Waals surface area contributed by atoms with Gasteiger partial charge in [-0.1, -0.05) is 0 Å². The van der Waals surface area contributed by atoms with E-state index in [-0.39, 0.29) is 18.3 Å². The van der Waals surface area contributed by atoms with Crippen LogP contribution in [0.25, 0.3) is 0 Å². The average Bonchev–Trinajstić information content (AvgIpc) is 3.18. The lowest BCUT2D eigenvalue weighted by molar-refractivity contribution is -0.143. The molecule has 0 atom stereocenters. The Morgan fingerprint density at radius 2 is 2.10 bits per heavy atom. The Morgan fingerprint density at radius 3 is 2.62 bits per heavy atom. The number of ether oxygens (including phenoxy) is 1. The van der Waals surface area contributed by atoms with Crippen molar-refractivity contribution >= 4 is 11.9 Å². The van der Waals surface area contributed by atoms with Crippen LogP contribution in [0.5, 0.6) is 0 Å². The summed E-state index contributed by atoms with van der Waals surface area (Å²) in [4.78, 5) is 25.9. The van der Waals surface area contributed by atoms with E-state index < -0.39 is 0 Å². The highest BCUT2D eigenvalue weighted by molar-refractivity contribution is 5.95. The number of furan rings is 1. The van der Waals surface area contributed by atoms with E-state index in [1.807, 2.05) is 6.92 Å². The second-order valence-electron chi connectivity index (χ2n) is 5.58. The van der Waals surface area contributed by atoms with Crippen LogP contribution in [0.15, 0.2) is 10.5 Å². The van der Waals surface area contributed by atoms with Crippen LogP contribution in [0.1, 0.15) is 48.1 Å². The van der Waals surface area contributed by atoms with Crippen LogP contribution in [0.3, 0.4) is 0 Å². The molecule has 1 amide bonds. The molecule has 0 aliphatic heterocycles. The molecule has 0 radical (unpaired) electrons. The molecule has 5 nitrogen and oxygen atoms in total. The summed E-state index contributed by atoms with van der Waals surface area (Å²) in [5.41, 5.74) is 0.594. The molecule has 1 heterocycles. The van der Waals surface area contributed by atoms with Crippen molar-refractivity contribution in [3.63, 3.8) is 0 Å². The quantitative estimate of drug-likeness (QED) is 0.725. The van der Waals surface area contributed by atoms with E-state index in [0.29, 0.717) is 36.9 Å². The molecule has 1 aromatic rings. The largest absolute Gasteiger partial charge is 0.466 e. The molecule has 2 rings (SSSR count). The van der Waals surface area contributed by atoms with Gasteiger partial charge in [0.2, 0.25) is 0 Å². The number of rotatable bonds is 7. The molecular formula is C16H23NO4. The first kappa shape index (κ1) is 15.6. The summed E-state index contributed by atoms with van der Waals surface area (Å²) in [6, 6.07) is 1.77. The van der Waals surface area contributed by atoms with E-state index in [2.05, 4.69) is 0 Å².